The zero-order valence-corrected chi connectivity index (χ0v) is 7.63. The van der Waals surface area contributed by atoms with Crippen molar-refractivity contribution in [3.63, 3.8) is 0 Å². The third-order valence-electron chi connectivity index (χ3n) is 1.14. The van der Waals surface area contributed by atoms with E-state index >= 15 is 0 Å². The first-order chi connectivity index (χ1) is 5.22. The van der Waals surface area contributed by atoms with Crippen LogP contribution in [0, 0.1) is 6.92 Å². The third kappa shape index (κ3) is 2.52. The van der Waals surface area contributed by atoms with Crippen LogP contribution < -0.4 is 5.32 Å². The van der Waals surface area contributed by atoms with Crippen LogP contribution in [0.5, 0.6) is 0 Å². The van der Waals surface area contributed by atoms with Gasteiger partial charge in [-0.05, 0) is 13.0 Å². The van der Waals surface area contributed by atoms with E-state index in [0.29, 0.717) is 0 Å². The summed E-state index contributed by atoms with van der Waals surface area (Å²) in [6.07, 6.45) is 0. The van der Waals surface area contributed by atoms with Gasteiger partial charge in [0.1, 0.15) is 5.88 Å². The molecule has 0 aliphatic carbocycles. The lowest BCUT2D eigenvalue weighted by Crippen LogP contribution is -2.11. The number of aryl methyl sites for hydroxylation is 1. The maximum absolute atomic E-state index is 10.8. The molecule has 4 heteroatoms. The number of rotatable bonds is 2. The molecule has 0 saturated carbocycles. The Morgan fingerprint density at radius 2 is 2.55 bits per heavy atom. The Hall–Kier alpha value is -0.540. The number of thiophene rings is 1. The molecule has 1 aromatic heterocycles. The van der Waals surface area contributed by atoms with Gasteiger partial charge in [0.05, 0.1) is 5.69 Å². The number of hydrogen-bond acceptors (Lipinski definition) is 2. The van der Waals surface area contributed by atoms with Crippen LogP contribution in [0.25, 0.3) is 0 Å². The Morgan fingerprint density at radius 1 is 1.82 bits per heavy atom. The fourth-order valence-corrected chi connectivity index (χ4v) is 1.41. The molecule has 1 amide bonds. The zero-order chi connectivity index (χ0) is 8.27. The number of carbonyl (C=O) groups excluding carboxylic acids is 1. The van der Waals surface area contributed by atoms with E-state index in [4.69, 9.17) is 11.6 Å². The summed E-state index contributed by atoms with van der Waals surface area (Å²) in [7, 11) is 0. The molecule has 0 spiro atoms. The van der Waals surface area contributed by atoms with Crippen molar-refractivity contribution in [2.75, 3.05) is 11.2 Å². The first kappa shape index (κ1) is 8.56. The molecule has 0 unspecified atom stereocenters. The average Bonchev–Trinajstić information content (AvgIpc) is 2.35. The highest BCUT2D eigenvalue weighted by molar-refractivity contribution is 7.10. The lowest BCUT2D eigenvalue weighted by atomic mass is 10.4. The molecule has 0 aliphatic heterocycles. The van der Waals surface area contributed by atoms with Gasteiger partial charge in [0.15, 0.2) is 0 Å². The van der Waals surface area contributed by atoms with Crippen molar-refractivity contribution < 1.29 is 4.79 Å². The zero-order valence-electron chi connectivity index (χ0n) is 6.06. The number of nitrogens with one attached hydrogen (secondary N) is 1. The number of hydrogen-bond donors (Lipinski definition) is 1. The van der Waals surface area contributed by atoms with Gasteiger partial charge >= 0.3 is 0 Å². The largest absolute Gasteiger partial charge is 0.324 e. The quantitative estimate of drug-likeness (QED) is 0.711. The molecule has 1 aromatic rings. The minimum atomic E-state index is -0.163. The maximum atomic E-state index is 10.8. The summed E-state index contributed by atoms with van der Waals surface area (Å²) in [6, 6.07) is 1.91. The first-order valence-corrected chi connectivity index (χ1v) is 4.54. The summed E-state index contributed by atoms with van der Waals surface area (Å²) >= 11 is 6.90. The molecule has 0 fully saturated rings. The van der Waals surface area contributed by atoms with Crippen LogP contribution in [0.15, 0.2) is 11.4 Å². The predicted octanol–water partition coefficient (Wildman–Crippen LogP) is 2.23. The molecule has 2 nitrogen and oxygen atoms in total. The number of alkyl halides is 1. The van der Waals surface area contributed by atoms with Crippen molar-refractivity contribution >= 4 is 34.5 Å². The molecular formula is C7H8ClNOS. The number of carbonyl (C=O) groups is 1. The lowest BCUT2D eigenvalue weighted by molar-refractivity contribution is -0.113. The van der Waals surface area contributed by atoms with Crippen LogP contribution >= 0.6 is 22.9 Å². The Morgan fingerprint density at radius 3 is 3.00 bits per heavy atom. The van der Waals surface area contributed by atoms with Gasteiger partial charge in [-0.15, -0.1) is 22.9 Å². The molecule has 0 atom stereocenters. The van der Waals surface area contributed by atoms with Gasteiger partial charge in [0.25, 0.3) is 0 Å². The van der Waals surface area contributed by atoms with E-state index in [1.54, 1.807) is 11.3 Å². The SMILES string of the molecule is Cc1cc(NC(=O)CCl)cs1. The normalized spacial score (nSPS) is 9.64. The summed E-state index contributed by atoms with van der Waals surface area (Å²) in [5.41, 5.74) is 0.832. The fourth-order valence-electron chi connectivity index (χ4n) is 0.703. The highest BCUT2D eigenvalue weighted by Gasteiger charge is 2.00. The second-order valence-corrected chi connectivity index (χ2v) is 3.51. The third-order valence-corrected chi connectivity index (χ3v) is 2.24. The second-order valence-electron chi connectivity index (χ2n) is 2.13. The summed E-state index contributed by atoms with van der Waals surface area (Å²) in [4.78, 5) is 11.9. The van der Waals surface area contributed by atoms with Crippen molar-refractivity contribution in [1.29, 1.82) is 0 Å². The van der Waals surface area contributed by atoms with E-state index in [-0.39, 0.29) is 11.8 Å². The average molecular weight is 190 g/mol. The monoisotopic (exact) mass is 189 g/mol. The van der Waals surface area contributed by atoms with E-state index in [0.717, 1.165) is 5.69 Å². The van der Waals surface area contributed by atoms with E-state index in [1.165, 1.54) is 4.88 Å². The minimum absolute atomic E-state index is 0.00882. The van der Waals surface area contributed by atoms with E-state index < -0.39 is 0 Å². The van der Waals surface area contributed by atoms with E-state index in [2.05, 4.69) is 5.32 Å². The van der Waals surface area contributed by atoms with Crippen LogP contribution in [0.2, 0.25) is 0 Å². The molecule has 1 N–H and O–H groups in total. The topological polar surface area (TPSA) is 29.1 Å². The van der Waals surface area contributed by atoms with Crippen LogP contribution in [0.3, 0.4) is 0 Å². The van der Waals surface area contributed by atoms with Crippen molar-refractivity contribution in [3.05, 3.63) is 16.3 Å². The molecule has 0 bridgehead atoms. The highest BCUT2D eigenvalue weighted by atomic mass is 35.5. The molecular weight excluding hydrogens is 182 g/mol. The Labute approximate surface area is 74.2 Å². The number of anilines is 1. The molecule has 60 valence electrons. The van der Waals surface area contributed by atoms with Crippen LogP contribution in [-0.2, 0) is 4.79 Å². The molecule has 1 heterocycles. The van der Waals surface area contributed by atoms with Gasteiger partial charge in [-0.25, -0.2) is 0 Å². The molecule has 11 heavy (non-hydrogen) atoms. The summed E-state index contributed by atoms with van der Waals surface area (Å²) < 4.78 is 0. The Bertz CT molecular complexity index is 259. The van der Waals surface area contributed by atoms with Gasteiger partial charge in [-0.3, -0.25) is 4.79 Å². The summed E-state index contributed by atoms with van der Waals surface area (Å²) in [5, 5.41) is 4.54. The minimum Gasteiger partial charge on any atom is -0.324 e. The second kappa shape index (κ2) is 3.74. The summed E-state index contributed by atoms with van der Waals surface area (Å²) in [5.74, 6) is -0.154. The predicted molar refractivity (Wildman–Crippen MR) is 48.4 cm³/mol. The van der Waals surface area contributed by atoms with Crippen LogP contribution in [0.4, 0.5) is 5.69 Å². The lowest BCUT2D eigenvalue weighted by Gasteiger charge is -1.96. The van der Waals surface area contributed by atoms with Crippen LogP contribution in [-0.4, -0.2) is 11.8 Å². The van der Waals surface area contributed by atoms with E-state index in [9.17, 15) is 4.79 Å². The van der Waals surface area contributed by atoms with Gasteiger partial charge in [0, 0.05) is 10.3 Å². The van der Waals surface area contributed by atoms with Crippen LogP contribution in [0.1, 0.15) is 4.88 Å². The first-order valence-electron chi connectivity index (χ1n) is 3.13. The van der Waals surface area contributed by atoms with Crippen molar-refractivity contribution in [1.82, 2.24) is 0 Å². The van der Waals surface area contributed by atoms with Crippen molar-refractivity contribution in [2.24, 2.45) is 0 Å². The number of halogens is 1. The molecule has 0 radical (unpaired) electrons. The van der Waals surface area contributed by atoms with Gasteiger partial charge in [-0.1, -0.05) is 0 Å². The summed E-state index contributed by atoms with van der Waals surface area (Å²) in [6.45, 7) is 1.99. The van der Waals surface area contributed by atoms with E-state index in [1.807, 2.05) is 18.4 Å². The molecule has 0 aliphatic rings. The molecule has 1 rings (SSSR count). The van der Waals surface area contributed by atoms with Gasteiger partial charge < -0.3 is 5.32 Å². The van der Waals surface area contributed by atoms with Gasteiger partial charge in [-0.2, -0.15) is 0 Å². The smallest absolute Gasteiger partial charge is 0.239 e. The maximum Gasteiger partial charge on any atom is 0.239 e. The van der Waals surface area contributed by atoms with Crippen molar-refractivity contribution in [3.8, 4) is 0 Å². The Kier molecular flexibility index (Phi) is 2.91. The van der Waals surface area contributed by atoms with Gasteiger partial charge in [0.2, 0.25) is 5.91 Å². The highest BCUT2D eigenvalue weighted by Crippen LogP contribution is 2.17. The molecule has 0 saturated heterocycles. The van der Waals surface area contributed by atoms with Crippen molar-refractivity contribution in [2.45, 2.75) is 6.92 Å². The standard InChI is InChI=1S/C7H8ClNOS/c1-5-2-6(4-11-5)9-7(10)3-8/h2,4H,3H2,1H3,(H,9,10). The molecule has 0 aromatic carbocycles. The fraction of sp³-hybridized carbons (Fsp3) is 0.286. The Balaban J connectivity index is 2.57. The number of amides is 1.